The number of carbonyl (C=O) groups is 1. The van der Waals surface area contributed by atoms with Crippen molar-refractivity contribution in [1.82, 2.24) is 0 Å². The van der Waals surface area contributed by atoms with E-state index in [0.717, 1.165) is 0 Å². The molecule has 0 aliphatic rings. The fourth-order valence-corrected chi connectivity index (χ4v) is 1.51. The largest absolute Gasteiger partial charge is 0.493 e. The van der Waals surface area contributed by atoms with Crippen molar-refractivity contribution in [1.29, 1.82) is 0 Å². The standard InChI is InChI=1S/C13H18O6/c1-16-10-7-9(13(15)19-6-4-5-14)8-11(17-2)12(10)18-3/h7-8,14H,4-6H2,1-3H3. The van der Waals surface area contributed by atoms with Gasteiger partial charge in [0.15, 0.2) is 11.5 Å². The second kappa shape index (κ2) is 7.48. The van der Waals surface area contributed by atoms with E-state index in [1.165, 1.54) is 33.5 Å². The Kier molecular flexibility index (Phi) is 5.95. The van der Waals surface area contributed by atoms with Crippen LogP contribution >= 0.6 is 0 Å². The van der Waals surface area contributed by atoms with Crippen molar-refractivity contribution in [3.8, 4) is 17.2 Å². The molecule has 1 rings (SSSR count). The molecule has 0 fully saturated rings. The number of esters is 1. The lowest BCUT2D eigenvalue weighted by Crippen LogP contribution is -2.08. The van der Waals surface area contributed by atoms with Crippen LogP contribution in [-0.2, 0) is 4.74 Å². The molecule has 0 unspecified atom stereocenters. The summed E-state index contributed by atoms with van der Waals surface area (Å²) in [5.41, 5.74) is 0.299. The van der Waals surface area contributed by atoms with Gasteiger partial charge in [-0.05, 0) is 12.1 Å². The summed E-state index contributed by atoms with van der Waals surface area (Å²) in [5.74, 6) is 0.677. The first-order chi connectivity index (χ1) is 9.17. The van der Waals surface area contributed by atoms with Gasteiger partial charge in [-0.25, -0.2) is 4.79 Å². The lowest BCUT2D eigenvalue weighted by atomic mass is 10.2. The van der Waals surface area contributed by atoms with E-state index in [1.807, 2.05) is 0 Å². The molecule has 1 aromatic rings. The van der Waals surface area contributed by atoms with Gasteiger partial charge in [-0.15, -0.1) is 0 Å². The van der Waals surface area contributed by atoms with Crippen molar-refractivity contribution < 1.29 is 28.8 Å². The molecule has 0 aliphatic carbocycles. The van der Waals surface area contributed by atoms with Crippen molar-refractivity contribution in [2.75, 3.05) is 34.5 Å². The summed E-state index contributed by atoms with van der Waals surface area (Å²) >= 11 is 0. The predicted octanol–water partition coefficient (Wildman–Crippen LogP) is 1.25. The highest BCUT2D eigenvalue weighted by Crippen LogP contribution is 2.38. The number of benzene rings is 1. The molecule has 1 N–H and O–H groups in total. The molecule has 6 heteroatoms. The summed E-state index contributed by atoms with van der Waals surface area (Å²) < 4.78 is 20.4. The van der Waals surface area contributed by atoms with E-state index in [2.05, 4.69) is 0 Å². The highest BCUT2D eigenvalue weighted by atomic mass is 16.5. The predicted molar refractivity (Wildman–Crippen MR) is 68.1 cm³/mol. The van der Waals surface area contributed by atoms with Gasteiger partial charge < -0.3 is 24.1 Å². The van der Waals surface area contributed by atoms with Crippen LogP contribution in [0.15, 0.2) is 12.1 Å². The van der Waals surface area contributed by atoms with E-state index in [1.54, 1.807) is 0 Å². The Balaban J connectivity index is 2.98. The highest BCUT2D eigenvalue weighted by Gasteiger charge is 2.17. The summed E-state index contributed by atoms with van der Waals surface area (Å²) in [5, 5.41) is 8.63. The first-order valence-electron chi connectivity index (χ1n) is 5.75. The van der Waals surface area contributed by atoms with E-state index in [-0.39, 0.29) is 13.2 Å². The van der Waals surface area contributed by atoms with Crippen LogP contribution in [0.5, 0.6) is 17.2 Å². The van der Waals surface area contributed by atoms with Crippen LogP contribution < -0.4 is 14.2 Å². The number of ether oxygens (including phenoxy) is 4. The molecule has 1 aromatic carbocycles. The first-order valence-corrected chi connectivity index (χ1v) is 5.75. The third kappa shape index (κ3) is 3.75. The average Bonchev–Trinajstić information content (AvgIpc) is 2.45. The molecule has 0 amide bonds. The summed E-state index contributed by atoms with van der Waals surface area (Å²) in [4.78, 5) is 11.8. The topological polar surface area (TPSA) is 74.2 Å². The third-order valence-electron chi connectivity index (χ3n) is 2.44. The zero-order valence-corrected chi connectivity index (χ0v) is 11.3. The summed E-state index contributed by atoms with van der Waals surface area (Å²) in [6.07, 6.45) is 0.399. The Morgan fingerprint density at radius 1 is 1.11 bits per heavy atom. The molecule has 6 nitrogen and oxygen atoms in total. The molecular formula is C13H18O6. The maximum absolute atomic E-state index is 11.8. The van der Waals surface area contributed by atoms with Crippen LogP contribution in [0.2, 0.25) is 0 Å². The van der Waals surface area contributed by atoms with Crippen molar-refractivity contribution in [2.45, 2.75) is 6.42 Å². The average molecular weight is 270 g/mol. The monoisotopic (exact) mass is 270 g/mol. The molecule has 19 heavy (non-hydrogen) atoms. The number of hydrogen-bond donors (Lipinski definition) is 1. The summed E-state index contributed by atoms with van der Waals surface area (Å²) in [6.45, 7) is 0.133. The molecule has 0 atom stereocenters. The van der Waals surface area contributed by atoms with Gasteiger partial charge in [-0.1, -0.05) is 0 Å². The second-order valence-electron chi connectivity index (χ2n) is 3.63. The molecule has 106 valence electrons. The number of aliphatic hydroxyl groups is 1. The molecule has 0 saturated carbocycles. The van der Waals surface area contributed by atoms with E-state index in [4.69, 9.17) is 24.1 Å². The minimum Gasteiger partial charge on any atom is -0.493 e. The molecular weight excluding hydrogens is 252 g/mol. The van der Waals surface area contributed by atoms with E-state index in [9.17, 15) is 4.79 Å². The van der Waals surface area contributed by atoms with Crippen LogP contribution in [0, 0.1) is 0 Å². The van der Waals surface area contributed by atoms with Gasteiger partial charge in [-0.3, -0.25) is 0 Å². The molecule has 0 heterocycles. The SMILES string of the molecule is COc1cc(C(=O)OCCCO)cc(OC)c1OC. The first kappa shape index (κ1) is 15.1. The lowest BCUT2D eigenvalue weighted by molar-refractivity contribution is 0.0481. The van der Waals surface area contributed by atoms with Crippen LogP contribution in [0.4, 0.5) is 0 Å². The minimum atomic E-state index is -0.507. The van der Waals surface area contributed by atoms with Crippen molar-refractivity contribution in [3.05, 3.63) is 17.7 Å². The summed E-state index contributed by atoms with van der Waals surface area (Å²) in [7, 11) is 4.43. The fourth-order valence-electron chi connectivity index (χ4n) is 1.51. The highest BCUT2D eigenvalue weighted by molar-refractivity contribution is 5.91. The maximum atomic E-state index is 11.8. The number of carbonyl (C=O) groups excluding carboxylic acids is 1. The minimum absolute atomic E-state index is 0.0253. The Bertz CT molecular complexity index is 404. The zero-order valence-electron chi connectivity index (χ0n) is 11.3. The zero-order chi connectivity index (χ0) is 14.3. The van der Waals surface area contributed by atoms with Gasteiger partial charge in [0.1, 0.15) is 0 Å². The number of rotatable bonds is 7. The van der Waals surface area contributed by atoms with Gasteiger partial charge >= 0.3 is 5.97 Å². The van der Waals surface area contributed by atoms with Gasteiger partial charge in [0.2, 0.25) is 5.75 Å². The number of aliphatic hydroxyl groups excluding tert-OH is 1. The van der Waals surface area contributed by atoms with Crippen LogP contribution in [0.1, 0.15) is 16.8 Å². The van der Waals surface area contributed by atoms with Gasteiger partial charge in [0.05, 0.1) is 33.5 Å². The fraction of sp³-hybridized carbons (Fsp3) is 0.462. The van der Waals surface area contributed by atoms with Crippen LogP contribution in [-0.4, -0.2) is 45.6 Å². The number of methoxy groups -OCH3 is 3. The van der Waals surface area contributed by atoms with Crippen molar-refractivity contribution >= 4 is 5.97 Å². The third-order valence-corrected chi connectivity index (χ3v) is 2.44. The van der Waals surface area contributed by atoms with Crippen molar-refractivity contribution in [2.24, 2.45) is 0 Å². The Morgan fingerprint density at radius 2 is 1.68 bits per heavy atom. The molecule has 0 aliphatic heterocycles. The maximum Gasteiger partial charge on any atom is 0.338 e. The molecule has 0 spiro atoms. The lowest BCUT2D eigenvalue weighted by Gasteiger charge is -2.13. The Hall–Kier alpha value is -1.95. The normalized spacial score (nSPS) is 9.89. The molecule has 0 aromatic heterocycles. The molecule has 0 saturated heterocycles. The van der Waals surface area contributed by atoms with Gasteiger partial charge in [0.25, 0.3) is 0 Å². The van der Waals surface area contributed by atoms with E-state index >= 15 is 0 Å². The van der Waals surface area contributed by atoms with Crippen LogP contribution in [0.3, 0.4) is 0 Å². The second-order valence-corrected chi connectivity index (χ2v) is 3.63. The quantitative estimate of drug-likeness (QED) is 0.593. The smallest absolute Gasteiger partial charge is 0.338 e. The van der Waals surface area contributed by atoms with Gasteiger partial charge in [-0.2, -0.15) is 0 Å². The van der Waals surface area contributed by atoms with E-state index < -0.39 is 5.97 Å². The molecule has 0 radical (unpaired) electrons. The van der Waals surface area contributed by atoms with E-state index in [0.29, 0.717) is 29.2 Å². The summed E-state index contributed by atoms with van der Waals surface area (Å²) in [6, 6.07) is 3.03. The molecule has 0 bridgehead atoms. The number of hydrogen-bond acceptors (Lipinski definition) is 6. The van der Waals surface area contributed by atoms with Crippen LogP contribution in [0.25, 0.3) is 0 Å². The Morgan fingerprint density at radius 3 is 2.11 bits per heavy atom. The van der Waals surface area contributed by atoms with Crippen molar-refractivity contribution in [3.63, 3.8) is 0 Å². The Labute approximate surface area is 111 Å². The van der Waals surface area contributed by atoms with Gasteiger partial charge in [0, 0.05) is 13.0 Å².